The molecule has 140 valence electrons. The topological polar surface area (TPSA) is 70.2 Å². The molecule has 0 bridgehead atoms. The standard InChI is InChI=1S/C20H19ClN2O3S/c21-14-8-10-15(11-9-14)27(25,26)19-16-6-2-3-7-17(16)22-18(19)20(24)23-12-4-1-5-13-23/h2-3,6-11,22H,1,4-5,12-13H2. The van der Waals surface area contributed by atoms with Gasteiger partial charge in [-0.2, -0.15) is 0 Å². The van der Waals surface area contributed by atoms with Crippen LogP contribution in [0.15, 0.2) is 58.3 Å². The van der Waals surface area contributed by atoms with Crippen molar-refractivity contribution in [3.8, 4) is 0 Å². The van der Waals surface area contributed by atoms with Gasteiger partial charge in [-0.15, -0.1) is 0 Å². The largest absolute Gasteiger partial charge is 0.349 e. The zero-order chi connectivity index (χ0) is 19.0. The van der Waals surface area contributed by atoms with Crippen LogP contribution in [-0.4, -0.2) is 37.3 Å². The number of halogens is 1. The molecule has 5 nitrogen and oxygen atoms in total. The molecular formula is C20H19ClN2O3S. The molecule has 3 aromatic rings. The fourth-order valence-electron chi connectivity index (χ4n) is 3.53. The van der Waals surface area contributed by atoms with Gasteiger partial charge < -0.3 is 9.88 Å². The van der Waals surface area contributed by atoms with Crippen LogP contribution in [0.5, 0.6) is 0 Å². The van der Waals surface area contributed by atoms with E-state index >= 15 is 0 Å². The second kappa shape index (κ2) is 7.02. The van der Waals surface area contributed by atoms with E-state index in [9.17, 15) is 13.2 Å². The number of carbonyl (C=O) groups excluding carboxylic acids is 1. The minimum atomic E-state index is -3.89. The normalized spacial score (nSPS) is 15.2. The lowest BCUT2D eigenvalue weighted by Crippen LogP contribution is -2.36. The maximum Gasteiger partial charge on any atom is 0.271 e. The summed E-state index contributed by atoms with van der Waals surface area (Å²) in [4.78, 5) is 18.1. The van der Waals surface area contributed by atoms with E-state index in [0.29, 0.717) is 29.0 Å². The Hall–Kier alpha value is -2.31. The summed E-state index contributed by atoms with van der Waals surface area (Å²) >= 11 is 5.90. The van der Waals surface area contributed by atoms with Crippen molar-refractivity contribution in [2.75, 3.05) is 13.1 Å². The summed E-state index contributed by atoms with van der Waals surface area (Å²) in [5, 5.41) is 0.977. The third kappa shape index (κ3) is 3.24. The molecule has 27 heavy (non-hydrogen) atoms. The van der Waals surface area contributed by atoms with Gasteiger partial charge >= 0.3 is 0 Å². The Morgan fingerprint density at radius 2 is 1.63 bits per heavy atom. The van der Waals surface area contributed by atoms with Crippen molar-refractivity contribution in [3.63, 3.8) is 0 Å². The first-order chi connectivity index (χ1) is 13.0. The van der Waals surface area contributed by atoms with Crippen LogP contribution in [0.1, 0.15) is 29.8 Å². The fourth-order valence-corrected chi connectivity index (χ4v) is 5.26. The van der Waals surface area contributed by atoms with Gasteiger partial charge in [0, 0.05) is 29.0 Å². The van der Waals surface area contributed by atoms with Gasteiger partial charge in [0.05, 0.1) is 4.90 Å². The minimum absolute atomic E-state index is 0.0380. The molecule has 7 heteroatoms. The number of aromatic nitrogens is 1. The summed E-state index contributed by atoms with van der Waals surface area (Å²) in [5.41, 5.74) is 0.762. The first kappa shape index (κ1) is 18.1. The first-order valence-corrected chi connectivity index (χ1v) is 10.8. The minimum Gasteiger partial charge on any atom is -0.349 e. The van der Waals surface area contributed by atoms with Crippen molar-refractivity contribution < 1.29 is 13.2 Å². The summed E-state index contributed by atoms with van der Waals surface area (Å²) in [5.74, 6) is -0.265. The number of piperidine rings is 1. The molecular weight excluding hydrogens is 384 g/mol. The molecule has 1 aliphatic rings. The molecule has 0 radical (unpaired) electrons. The first-order valence-electron chi connectivity index (χ1n) is 8.89. The SMILES string of the molecule is O=C(c1[nH]c2ccccc2c1S(=O)(=O)c1ccc(Cl)cc1)N1CCCCC1. The molecule has 1 fully saturated rings. The number of nitrogens with one attached hydrogen (secondary N) is 1. The van der Waals surface area contributed by atoms with Crippen LogP contribution in [-0.2, 0) is 9.84 Å². The number of fused-ring (bicyclic) bond motifs is 1. The van der Waals surface area contributed by atoms with E-state index in [1.54, 1.807) is 23.1 Å². The van der Waals surface area contributed by atoms with Gasteiger partial charge in [0.1, 0.15) is 10.6 Å². The lowest BCUT2D eigenvalue weighted by atomic mass is 10.1. The van der Waals surface area contributed by atoms with Crippen molar-refractivity contribution in [2.24, 2.45) is 0 Å². The van der Waals surface area contributed by atoms with Crippen LogP contribution in [0.25, 0.3) is 10.9 Å². The van der Waals surface area contributed by atoms with Crippen LogP contribution >= 0.6 is 11.6 Å². The number of amides is 1. The zero-order valence-corrected chi connectivity index (χ0v) is 16.2. The molecule has 1 aromatic heterocycles. The highest BCUT2D eigenvalue weighted by Crippen LogP contribution is 2.33. The molecule has 0 aliphatic carbocycles. The second-order valence-electron chi connectivity index (χ2n) is 6.68. The molecule has 1 amide bonds. The third-order valence-electron chi connectivity index (χ3n) is 4.91. The number of hydrogen-bond acceptors (Lipinski definition) is 3. The number of para-hydroxylation sites is 1. The van der Waals surface area contributed by atoms with Crippen LogP contribution in [0, 0.1) is 0 Å². The van der Waals surface area contributed by atoms with Crippen molar-refractivity contribution in [1.29, 1.82) is 0 Å². The van der Waals surface area contributed by atoms with E-state index in [1.807, 2.05) is 6.07 Å². The van der Waals surface area contributed by atoms with E-state index in [0.717, 1.165) is 19.3 Å². The van der Waals surface area contributed by atoms with Crippen molar-refractivity contribution in [3.05, 3.63) is 59.2 Å². The average Bonchev–Trinajstić information content (AvgIpc) is 3.09. The van der Waals surface area contributed by atoms with Gasteiger partial charge in [-0.05, 0) is 49.6 Å². The van der Waals surface area contributed by atoms with Crippen molar-refractivity contribution in [1.82, 2.24) is 9.88 Å². The Morgan fingerprint density at radius 1 is 0.963 bits per heavy atom. The summed E-state index contributed by atoms with van der Waals surface area (Å²) in [6.07, 6.45) is 2.96. The van der Waals surface area contributed by atoms with Crippen LogP contribution in [0.2, 0.25) is 5.02 Å². The molecule has 2 heterocycles. The molecule has 1 N–H and O–H groups in total. The lowest BCUT2D eigenvalue weighted by molar-refractivity contribution is 0.0715. The van der Waals surface area contributed by atoms with Crippen LogP contribution in [0.4, 0.5) is 0 Å². The molecule has 0 saturated carbocycles. The molecule has 1 saturated heterocycles. The second-order valence-corrected chi connectivity index (χ2v) is 9.01. The molecule has 4 rings (SSSR count). The van der Waals surface area contributed by atoms with Crippen LogP contribution in [0.3, 0.4) is 0 Å². The number of carbonyl (C=O) groups is 1. The molecule has 0 spiro atoms. The van der Waals surface area contributed by atoms with Crippen molar-refractivity contribution >= 4 is 38.2 Å². The van der Waals surface area contributed by atoms with Gasteiger partial charge in [0.25, 0.3) is 5.91 Å². The summed E-state index contributed by atoms with van der Waals surface area (Å²) in [6, 6.07) is 13.1. The Labute approximate surface area is 162 Å². The van der Waals surface area contributed by atoms with E-state index in [1.165, 1.54) is 24.3 Å². The van der Waals surface area contributed by atoms with E-state index in [2.05, 4.69) is 4.98 Å². The number of aromatic amines is 1. The molecule has 2 aromatic carbocycles. The number of benzene rings is 2. The van der Waals surface area contributed by atoms with Crippen molar-refractivity contribution in [2.45, 2.75) is 29.1 Å². The predicted octanol–water partition coefficient (Wildman–Crippen LogP) is 4.28. The lowest BCUT2D eigenvalue weighted by Gasteiger charge is -2.26. The summed E-state index contributed by atoms with van der Waals surface area (Å²) in [6.45, 7) is 1.29. The Morgan fingerprint density at radius 3 is 2.33 bits per heavy atom. The van der Waals surface area contributed by atoms with E-state index < -0.39 is 9.84 Å². The van der Waals surface area contributed by atoms with E-state index in [4.69, 9.17) is 11.6 Å². The maximum atomic E-state index is 13.4. The van der Waals surface area contributed by atoms with Gasteiger partial charge in [-0.3, -0.25) is 4.79 Å². The Balaban J connectivity index is 1.90. The number of likely N-dealkylation sites (tertiary alicyclic amines) is 1. The summed E-state index contributed by atoms with van der Waals surface area (Å²) < 4.78 is 26.8. The third-order valence-corrected chi connectivity index (χ3v) is 7.01. The van der Waals surface area contributed by atoms with Crippen LogP contribution < -0.4 is 0 Å². The highest BCUT2D eigenvalue weighted by Gasteiger charge is 2.31. The number of hydrogen-bond donors (Lipinski definition) is 1. The molecule has 1 aliphatic heterocycles. The van der Waals surface area contributed by atoms with Gasteiger partial charge in [0.2, 0.25) is 9.84 Å². The highest BCUT2D eigenvalue weighted by molar-refractivity contribution is 7.91. The van der Waals surface area contributed by atoms with Gasteiger partial charge in [-0.1, -0.05) is 29.8 Å². The summed E-state index contributed by atoms with van der Waals surface area (Å²) in [7, 11) is -3.89. The monoisotopic (exact) mass is 402 g/mol. The Kier molecular flexibility index (Phi) is 4.70. The number of nitrogens with zero attached hydrogens (tertiary/aromatic N) is 1. The van der Waals surface area contributed by atoms with Gasteiger partial charge in [-0.25, -0.2) is 8.42 Å². The average molecular weight is 403 g/mol. The Bertz CT molecular complexity index is 1100. The fraction of sp³-hybridized carbons (Fsp3) is 0.250. The van der Waals surface area contributed by atoms with E-state index in [-0.39, 0.29) is 21.4 Å². The molecule has 0 unspecified atom stereocenters. The predicted molar refractivity (Wildman–Crippen MR) is 105 cm³/mol. The molecule has 0 atom stereocenters. The number of sulfone groups is 1. The quantitative estimate of drug-likeness (QED) is 0.710. The smallest absolute Gasteiger partial charge is 0.271 e. The highest BCUT2D eigenvalue weighted by atomic mass is 35.5. The zero-order valence-electron chi connectivity index (χ0n) is 14.6. The number of H-pyrrole nitrogens is 1. The van der Waals surface area contributed by atoms with Gasteiger partial charge in [0.15, 0.2) is 0 Å². The maximum absolute atomic E-state index is 13.4. The number of rotatable bonds is 3.